The molecular weight excluding hydrogens is 264 g/mol. The third-order valence-corrected chi connectivity index (χ3v) is 5.30. The lowest BCUT2D eigenvalue weighted by molar-refractivity contribution is 0.172. The smallest absolute Gasteiger partial charge is 0.317 e. The largest absolute Gasteiger partial charge is 0.337 e. The summed E-state index contributed by atoms with van der Waals surface area (Å²) in [5.74, 6) is 0.347. The summed E-state index contributed by atoms with van der Waals surface area (Å²) in [7, 11) is -2.94. The maximum Gasteiger partial charge on any atom is 0.317 e. The van der Waals surface area contributed by atoms with Crippen molar-refractivity contribution in [1.82, 2.24) is 10.2 Å². The second-order valence-corrected chi connectivity index (χ2v) is 9.14. The van der Waals surface area contributed by atoms with Gasteiger partial charge in [0.1, 0.15) is 0 Å². The number of nitrogens with zero attached hydrogens (tertiary/aromatic N) is 1. The molecule has 19 heavy (non-hydrogen) atoms. The number of amides is 2. The SMILES string of the molecule is CC(C)(C)CNC(=O)N(C1CC1)C1CCS(=O)(=O)C1. The number of hydrogen-bond donors (Lipinski definition) is 1. The highest BCUT2D eigenvalue weighted by Crippen LogP contribution is 2.32. The summed E-state index contributed by atoms with van der Waals surface area (Å²) in [5, 5.41) is 2.94. The molecule has 0 bridgehead atoms. The van der Waals surface area contributed by atoms with Crippen LogP contribution in [0.25, 0.3) is 0 Å². The Morgan fingerprint density at radius 2 is 1.84 bits per heavy atom. The van der Waals surface area contributed by atoms with Crippen LogP contribution >= 0.6 is 0 Å². The minimum atomic E-state index is -2.94. The number of rotatable bonds is 3. The number of carbonyl (C=O) groups excluding carboxylic acids is 1. The van der Waals surface area contributed by atoms with Gasteiger partial charge in [-0.25, -0.2) is 13.2 Å². The van der Waals surface area contributed by atoms with Gasteiger partial charge in [0, 0.05) is 18.6 Å². The molecule has 1 unspecified atom stereocenters. The van der Waals surface area contributed by atoms with Crippen LogP contribution in [0.15, 0.2) is 0 Å². The maximum absolute atomic E-state index is 12.3. The van der Waals surface area contributed by atoms with Crippen LogP contribution in [0.3, 0.4) is 0 Å². The maximum atomic E-state index is 12.3. The molecule has 1 aliphatic heterocycles. The van der Waals surface area contributed by atoms with E-state index in [0.29, 0.717) is 13.0 Å². The van der Waals surface area contributed by atoms with E-state index in [0.717, 1.165) is 12.8 Å². The van der Waals surface area contributed by atoms with E-state index in [1.807, 2.05) is 0 Å². The molecule has 0 aromatic carbocycles. The number of carbonyl (C=O) groups is 1. The fraction of sp³-hybridized carbons (Fsp3) is 0.923. The van der Waals surface area contributed by atoms with Crippen molar-refractivity contribution in [2.45, 2.75) is 52.1 Å². The topological polar surface area (TPSA) is 66.5 Å². The zero-order chi connectivity index (χ0) is 14.3. The molecule has 2 aliphatic rings. The van der Waals surface area contributed by atoms with Crippen LogP contribution in [0.5, 0.6) is 0 Å². The van der Waals surface area contributed by atoms with E-state index < -0.39 is 9.84 Å². The summed E-state index contributed by atoms with van der Waals surface area (Å²) in [6.07, 6.45) is 2.58. The Morgan fingerprint density at radius 3 is 2.26 bits per heavy atom. The number of hydrogen-bond acceptors (Lipinski definition) is 3. The highest BCUT2D eigenvalue weighted by Gasteiger charge is 2.42. The van der Waals surface area contributed by atoms with Gasteiger partial charge in [0.15, 0.2) is 9.84 Å². The number of urea groups is 1. The molecule has 1 heterocycles. The molecule has 2 amide bonds. The van der Waals surface area contributed by atoms with Crippen LogP contribution in [0.4, 0.5) is 4.79 Å². The minimum Gasteiger partial charge on any atom is -0.337 e. The van der Waals surface area contributed by atoms with Gasteiger partial charge in [0.2, 0.25) is 0 Å². The molecule has 2 rings (SSSR count). The van der Waals surface area contributed by atoms with Crippen molar-refractivity contribution in [3.63, 3.8) is 0 Å². The first-order chi connectivity index (χ1) is 8.68. The van der Waals surface area contributed by atoms with Crippen molar-refractivity contribution < 1.29 is 13.2 Å². The molecule has 2 fully saturated rings. The predicted molar refractivity (Wildman–Crippen MR) is 74.8 cm³/mol. The lowest BCUT2D eigenvalue weighted by atomic mass is 9.97. The molecule has 1 saturated carbocycles. The molecule has 0 spiro atoms. The van der Waals surface area contributed by atoms with Gasteiger partial charge in [-0.3, -0.25) is 0 Å². The summed E-state index contributed by atoms with van der Waals surface area (Å²) in [6, 6.07) is 0.0234. The van der Waals surface area contributed by atoms with Gasteiger partial charge in [-0.1, -0.05) is 20.8 Å². The van der Waals surface area contributed by atoms with E-state index in [9.17, 15) is 13.2 Å². The van der Waals surface area contributed by atoms with Gasteiger partial charge in [0.25, 0.3) is 0 Å². The molecule has 6 heteroatoms. The molecule has 5 nitrogen and oxygen atoms in total. The second kappa shape index (κ2) is 4.96. The van der Waals surface area contributed by atoms with Crippen molar-refractivity contribution in [2.24, 2.45) is 5.41 Å². The summed E-state index contributed by atoms with van der Waals surface area (Å²) < 4.78 is 23.1. The van der Waals surface area contributed by atoms with Gasteiger partial charge in [-0.05, 0) is 24.7 Å². The average Bonchev–Trinajstić information content (AvgIpc) is 3.00. The van der Waals surface area contributed by atoms with Gasteiger partial charge in [-0.15, -0.1) is 0 Å². The Kier molecular flexibility index (Phi) is 3.82. The van der Waals surface area contributed by atoms with Crippen molar-refractivity contribution in [3.05, 3.63) is 0 Å². The van der Waals surface area contributed by atoms with Gasteiger partial charge in [-0.2, -0.15) is 0 Å². The van der Waals surface area contributed by atoms with Crippen LogP contribution in [-0.4, -0.2) is 49.5 Å². The molecule has 0 aromatic heterocycles. The zero-order valence-corrected chi connectivity index (χ0v) is 12.8. The zero-order valence-electron chi connectivity index (χ0n) is 12.0. The standard InChI is InChI=1S/C13H24N2O3S/c1-13(2,3)9-14-12(16)15(10-4-5-10)11-6-7-19(17,18)8-11/h10-11H,4-9H2,1-3H3,(H,14,16). The van der Waals surface area contributed by atoms with Crippen LogP contribution in [-0.2, 0) is 9.84 Å². The Morgan fingerprint density at radius 1 is 1.21 bits per heavy atom. The molecule has 1 aliphatic carbocycles. The lowest BCUT2D eigenvalue weighted by Gasteiger charge is -2.30. The van der Waals surface area contributed by atoms with Crippen molar-refractivity contribution in [1.29, 1.82) is 0 Å². The molecule has 0 radical (unpaired) electrons. The van der Waals surface area contributed by atoms with E-state index in [2.05, 4.69) is 26.1 Å². The Bertz CT molecular complexity index is 449. The van der Waals surface area contributed by atoms with Gasteiger partial charge >= 0.3 is 6.03 Å². The van der Waals surface area contributed by atoms with E-state index in [4.69, 9.17) is 0 Å². The van der Waals surface area contributed by atoms with Crippen LogP contribution in [0.1, 0.15) is 40.0 Å². The number of sulfone groups is 1. The monoisotopic (exact) mass is 288 g/mol. The van der Waals surface area contributed by atoms with Crippen LogP contribution in [0.2, 0.25) is 0 Å². The summed E-state index contributed by atoms with van der Waals surface area (Å²) >= 11 is 0. The number of nitrogens with one attached hydrogen (secondary N) is 1. The van der Waals surface area contributed by atoms with Crippen LogP contribution in [0, 0.1) is 5.41 Å². The Hall–Kier alpha value is -0.780. The highest BCUT2D eigenvalue weighted by molar-refractivity contribution is 7.91. The lowest BCUT2D eigenvalue weighted by Crippen LogP contribution is -2.49. The van der Waals surface area contributed by atoms with Crippen molar-refractivity contribution in [2.75, 3.05) is 18.1 Å². The van der Waals surface area contributed by atoms with E-state index >= 15 is 0 Å². The quantitative estimate of drug-likeness (QED) is 0.853. The van der Waals surface area contributed by atoms with Crippen molar-refractivity contribution in [3.8, 4) is 0 Å². The first-order valence-corrected chi connectivity index (χ1v) is 8.77. The Labute approximate surface area is 115 Å². The molecule has 1 atom stereocenters. The van der Waals surface area contributed by atoms with E-state index in [-0.39, 0.29) is 35.0 Å². The molecule has 1 N–H and O–H groups in total. The van der Waals surface area contributed by atoms with E-state index in [1.54, 1.807) is 4.90 Å². The highest BCUT2D eigenvalue weighted by atomic mass is 32.2. The Balaban J connectivity index is 1.99. The van der Waals surface area contributed by atoms with Gasteiger partial charge in [0.05, 0.1) is 11.5 Å². The van der Waals surface area contributed by atoms with Crippen molar-refractivity contribution >= 4 is 15.9 Å². The fourth-order valence-corrected chi connectivity index (χ4v) is 4.12. The molecule has 110 valence electrons. The predicted octanol–water partition coefficient (Wildman–Crippen LogP) is 1.39. The second-order valence-electron chi connectivity index (χ2n) is 6.91. The molecule has 1 saturated heterocycles. The van der Waals surface area contributed by atoms with E-state index in [1.165, 1.54) is 0 Å². The third-order valence-electron chi connectivity index (χ3n) is 3.55. The minimum absolute atomic E-state index is 0.0344. The normalized spacial score (nSPS) is 26.2. The summed E-state index contributed by atoms with van der Waals surface area (Å²) in [4.78, 5) is 14.1. The molecule has 0 aromatic rings. The fourth-order valence-electron chi connectivity index (χ4n) is 2.41. The molecular formula is C13H24N2O3S. The average molecular weight is 288 g/mol. The first-order valence-electron chi connectivity index (χ1n) is 6.94. The summed E-state index contributed by atoms with van der Waals surface area (Å²) in [6.45, 7) is 6.80. The third kappa shape index (κ3) is 4.09. The summed E-state index contributed by atoms with van der Waals surface area (Å²) in [5.41, 5.74) is 0.0344. The van der Waals surface area contributed by atoms with Gasteiger partial charge < -0.3 is 10.2 Å². The van der Waals surface area contributed by atoms with Crippen LogP contribution < -0.4 is 5.32 Å². The first kappa shape index (κ1) is 14.6.